The van der Waals surface area contributed by atoms with Crippen molar-refractivity contribution in [2.24, 2.45) is 0 Å². The van der Waals surface area contributed by atoms with E-state index in [-0.39, 0.29) is 31.5 Å². The molecule has 3 atom stereocenters. The summed E-state index contributed by atoms with van der Waals surface area (Å²) < 4.78 is 48.1. The number of rotatable bonds is 6. The van der Waals surface area contributed by atoms with E-state index in [1.165, 1.54) is 17.0 Å². The van der Waals surface area contributed by atoms with E-state index < -0.39 is 39.7 Å². The van der Waals surface area contributed by atoms with Gasteiger partial charge in [-0.05, 0) is 36.1 Å². The highest BCUT2D eigenvalue weighted by atomic mass is 32.2. The average molecular weight is 489 g/mol. The van der Waals surface area contributed by atoms with E-state index in [1.807, 2.05) is 30.3 Å². The number of carbonyl (C=O) groups excluding carboxylic acids is 2. The molecule has 34 heavy (non-hydrogen) atoms. The Morgan fingerprint density at radius 3 is 2.41 bits per heavy atom. The Kier molecular flexibility index (Phi) is 5.60. The summed E-state index contributed by atoms with van der Waals surface area (Å²) in [5, 5.41) is 0. The molecule has 3 fully saturated rings. The van der Waals surface area contributed by atoms with Gasteiger partial charge in [0, 0.05) is 12.5 Å². The first kappa shape index (κ1) is 22.8. The number of hydrogen-bond acceptors (Lipinski definition) is 6. The molecule has 10 heteroatoms. The molecule has 2 amide bonds. The topological polar surface area (TPSA) is 93.2 Å². The lowest BCUT2D eigenvalue weighted by atomic mass is 9.72. The molecule has 0 bridgehead atoms. The monoisotopic (exact) mass is 488 g/mol. The van der Waals surface area contributed by atoms with Gasteiger partial charge in [0.25, 0.3) is 16.0 Å². The number of β-lactam (4-membered cyclic amide) rings is 1. The van der Waals surface area contributed by atoms with Gasteiger partial charge in [-0.1, -0.05) is 42.5 Å². The minimum atomic E-state index is -3.82. The molecule has 1 spiro atoms. The Hall–Kier alpha value is -2.98. The highest BCUT2D eigenvalue weighted by Crippen LogP contribution is 2.57. The molecule has 1 aliphatic carbocycles. The Morgan fingerprint density at radius 1 is 1.12 bits per heavy atom. The molecule has 2 saturated heterocycles. The summed E-state index contributed by atoms with van der Waals surface area (Å²) in [6.45, 7) is -0.103. The molecule has 0 N–H and O–H groups in total. The van der Waals surface area contributed by atoms with Crippen LogP contribution in [0.5, 0.6) is 0 Å². The smallest absolute Gasteiger partial charge is 0.411 e. The fourth-order valence-corrected chi connectivity index (χ4v) is 5.75. The van der Waals surface area contributed by atoms with Gasteiger partial charge in [0.05, 0.1) is 24.9 Å². The van der Waals surface area contributed by atoms with Gasteiger partial charge in [-0.2, -0.15) is 8.42 Å². The first-order chi connectivity index (χ1) is 16.2. The van der Waals surface area contributed by atoms with E-state index in [2.05, 4.69) is 0 Å². The predicted molar refractivity (Wildman–Crippen MR) is 119 cm³/mol. The number of benzene rings is 2. The van der Waals surface area contributed by atoms with Crippen molar-refractivity contribution in [1.82, 2.24) is 9.80 Å². The quantitative estimate of drug-likeness (QED) is 0.459. The van der Waals surface area contributed by atoms with Crippen LogP contribution in [0.15, 0.2) is 54.6 Å². The summed E-state index contributed by atoms with van der Waals surface area (Å²) >= 11 is 0. The summed E-state index contributed by atoms with van der Waals surface area (Å²) in [5.74, 6) is -0.675. The second kappa shape index (κ2) is 8.35. The highest BCUT2D eigenvalue weighted by Gasteiger charge is 2.71. The molecule has 2 aromatic carbocycles. The Bertz CT molecular complexity index is 1200. The standard InChI is InChI=1S/C24H25FN2O6S/c1-34(30,31)33-20-13-24(26(14-20)23(29)32-15-16-5-3-2-4-6-16)21(17-7-9-18(25)10-8-17)27(22(24)28)19-11-12-19/h2-10,19-21H,11-15H2,1H3/t20-,21-,24+/m1/s1. The zero-order valence-corrected chi connectivity index (χ0v) is 19.4. The van der Waals surface area contributed by atoms with Crippen LogP contribution < -0.4 is 0 Å². The third-order valence-electron chi connectivity index (χ3n) is 6.60. The van der Waals surface area contributed by atoms with Crippen LogP contribution in [-0.4, -0.2) is 60.7 Å². The molecular formula is C24H25FN2O6S. The third-order valence-corrected chi connectivity index (χ3v) is 7.23. The molecule has 180 valence electrons. The highest BCUT2D eigenvalue weighted by molar-refractivity contribution is 7.86. The maximum absolute atomic E-state index is 13.6. The fraction of sp³-hybridized carbons (Fsp3) is 0.417. The minimum Gasteiger partial charge on any atom is -0.445 e. The normalized spacial score (nSPS) is 26.6. The molecule has 3 aliphatic rings. The van der Waals surface area contributed by atoms with Crippen LogP contribution in [0.4, 0.5) is 9.18 Å². The molecule has 8 nitrogen and oxygen atoms in total. The van der Waals surface area contributed by atoms with Crippen LogP contribution in [0.25, 0.3) is 0 Å². The summed E-state index contributed by atoms with van der Waals surface area (Å²) in [7, 11) is -3.82. The molecule has 0 radical (unpaired) electrons. The maximum Gasteiger partial charge on any atom is 0.411 e. The molecule has 1 saturated carbocycles. The van der Waals surface area contributed by atoms with Crippen molar-refractivity contribution < 1.29 is 31.3 Å². The predicted octanol–water partition coefficient (Wildman–Crippen LogP) is 3.00. The molecular weight excluding hydrogens is 463 g/mol. The van der Waals surface area contributed by atoms with E-state index in [0.717, 1.165) is 24.7 Å². The van der Waals surface area contributed by atoms with E-state index in [1.54, 1.807) is 17.0 Å². The lowest BCUT2D eigenvalue weighted by Gasteiger charge is -2.57. The van der Waals surface area contributed by atoms with Gasteiger partial charge in [-0.25, -0.2) is 9.18 Å². The number of nitrogens with zero attached hydrogens (tertiary/aromatic N) is 2. The first-order valence-electron chi connectivity index (χ1n) is 11.1. The van der Waals surface area contributed by atoms with Crippen molar-refractivity contribution in [2.75, 3.05) is 12.8 Å². The number of hydrogen-bond donors (Lipinski definition) is 0. The summed E-state index contributed by atoms with van der Waals surface area (Å²) in [6.07, 6.45) is 1.02. The second-order valence-electron chi connectivity index (χ2n) is 9.10. The summed E-state index contributed by atoms with van der Waals surface area (Å²) in [4.78, 5) is 29.9. The van der Waals surface area contributed by atoms with Gasteiger partial charge in [0.1, 0.15) is 12.4 Å². The Morgan fingerprint density at radius 2 is 1.79 bits per heavy atom. The molecule has 2 heterocycles. The van der Waals surface area contributed by atoms with Crippen molar-refractivity contribution in [1.29, 1.82) is 0 Å². The minimum absolute atomic E-state index is 0.00457. The van der Waals surface area contributed by atoms with Crippen LogP contribution >= 0.6 is 0 Å². The van der Waals surface area contributed by atoms with Gasteiger partial charge >= 0.3 is 6.09 Å². The van der Waals surface area contributed by atoms with Crippen LogP contribution in [0.2, 0.25) is 0 Å². The second-order valence-corrected chi connectivity index (χ2v) is 10.7. The maximum atomic E-state index is 13.6. The average Bonchev–Trinajstić information content (AvgIpc) is 3.55. The fourth-order valence-electron chi connectivity index (χ4n) is 5.13. The molecule has 0 unspecified atom stereocenters. The third kappa shape index (κ3) is 4.05. The van der Waals surface area contributed by atoms with Crippen LogP contribution in [-0.2, 0) is 30.4 Å². The van der Waals surface area contributed by atoms with Gasteiger partial charge in [-0.15, -0.1) is 0 Å². The molecule has 2 aromatic rings. The van der Waals surface area contributed by atoms with Crippen molar-refractivity contribution >= 4 is 22.1 Å². The lowest BCUT2D eigenvalue weighted by molar-refractivity contribution is -0.174. The van der Waals surface area contributed by atoms with Crippen molar-refractivity contribution in [3.63, 3.8) is 0 Å². The van der Waals surface area contributed by atoms with E-state index in [4.69, 9.17) is 8.92 Å². The van der Waals surface area contributed by atoms with Crippen LogP contribution in [0.1, 0.15) is 36.4 Å². The number of halogens is 1. The number of ether oxygens (including phenoxy) is 1. The van der Waals surface area contributed by atoms with E-state index >= 15 is 0 Å². The largest absolute Gasteiger partial charge is 0.445 e. The number of amides is 2. The SMILES string of the molecule is CS(=O)(=O)O[C@H]1CN(C(=O)OCc2ccccc2)[C@]2(C1)C(=O)N(C1CC1)[C@@H]2c1ccc(F)cc1. The van der Waals surface area contributed by atoms with E-state index in [0.29, 0.717) is 5.56 Å². The summed E-state index contributed by atoms with van der Waals surface area (Å²) in [6, 6.07) is 14.4. The van der Waals surface area contributed by atoms with Gasteiger partial charge in [0.2, 0.25) is 0 Å². The molecule has 0 aromatic heterocycles. The first-order valence-corrected chi connectivity index (χ1v) is 13.0. The molecule has 2 aliphatic heterocycles. The van der Waals surface area contributed by atoms with Gasteiger partial charge < -0.3 is 9.64 Å². The van der Waals surface area contributed by atoms with Crippen LogP contribution in [0, 0.1) is 5.82 Å². The van der Waals surface area contributed by atoms with Crippen molar-refractivity contribution in [3.8, 4) is 0 Å². The number of carbonyl (C=O) groups is 2. The number of likely N-dealkylation sites (tertiary alicyclic amines) is 2. The zero-order valence-electron chi connectivity index (χ0n) is 18.6. The van der Waals surface area contributed by atoms with Crippen LogP contribution in [0.3, 0.4) is 0 Å². The van der Waals surface area contributed by atoms with Crippen molar-refractivity contribution in [3.05, 3.63) is 71.5 Å². The summed E-state index contributed by atoms with van der Waals surface area (Å²) in [5.41, 5.74) is 0.0974. The Labute approximate surface area is 197 Å². The lowest BCUT2D eigenvalue weighted by Crippen LogP contribution is -2.74. The zero-order chi connectivity index (χ0) is 24.1. The van der Waals surface area contributed by atoms with E-state index in [9.17, 15) is 22.4 Å². The van der Waals surface area contributed by atoms with Crippen molar-refractivity contribution in [2.45, 2.75) is 49.6 Å². The van der Waals surface area contributed by atoms with Gasteiger partial charge in [0.15, 0.2) is 5.54 Å². The molecule has 5 rings (SSSR count). The Balaban J connectivity index is 1.49. The van der Waals surface area contributed by atoms with Gasteiger partial charge in [-0.3, -0.25) is 13.9 Å².